The Bertz CT molecular complexity index is 1710. The molecule has 0 aliphatic heterocycles. The van der Waals surface area contributed by atoms with Crippen LogP contribution in [0.25, 0.3) is 0 Å². The fraction of sp³-hybridized carbons (Fsp3) is 0.333. The number of sulfone groups is 1. The highest BCUT2D eigenvalue weighted by Crippen LogP contribution is 2.51. The van der Waals surface area contributed by atoms with Crippen molar-refractivity contribution in [3.8, 4) is 0 Å². The lowest BCUT2D eigenvalue weighted by atomic mass is 9.78. The summed E-state index contributed by atoms with van der Waals surface area (Å²) in [6, 6.07) is 8.96. The van der Waals surface area contributed by atoms with Gasteiger partial charge in [0, 0.05) is 23.4 Å². The zero-order chi connectivity index (χ0) is 32.7. The molecule has 45 heavy (non-hydrogen) atoms. The summed E-state index contributed by atoms with van der Waals surface area (Å²) in [5.74, 6) is -6.67. The van der Waals surface area contributed by atoms with Crippen LogP contribution in [0.3, 0.4) is 0 Å². The molecule has 240 valence electrons. The van der Waals surface area contributed by atoms with Crippen molar-refractivity contribution in [3.05, 3.63) is 93.8 Å². The third-order valence-corrected chi connectivity index (χ3v) is 10.9. The van der Waals surface area contributed by atoms with E-state index >= 15 is 0 Å². The van der Waals surface area contributed by atoms with Crippen LogP contribution in [-0.2, 0) is 27.5 Å². The third-order valence-electron chi connectivity index (χ3n) is 8.05. The highest BCUT2D eigenvalue weighted by Gasteiger charge is 2.54. The van der Waals surface area contributed by atoms with Crippen molar-refractivity contribution in [1.82, 2.24) is 0 Å². The van der Waals surface area contributed by atoms with Crippen LogP contribution in [0, 0.1) is 29.3 Å². The Hall–Kier alpha value is -3.62. The van der Waals surface area contributed by atoms with E-state index in [9.17, 15) is 44.7 Å². The van der Waals surface area contributed by atoms with E-state index in [1.165, 1.54) is 30.5 Å². The van der Waals surface area contributed by atoms with Crippen LogP contribution in [0.5, 0.6) is 0 Å². The van der Waals surface area contributed by atoms with Crippen molar-refractivity contribution in [2.24, 2.45) is 17.0 Å². The number of carbonyl (C=O) groups is 1. The first-order valence-corrected chi connectivity index (χ1v) is 15.5. The molecular formula is C30H25ClF6N2O5S. The monoisotopic (exact) mass is 674 g/mol. The molecule has 5 rings (SSSR count). The molecule has 2 aliphatic rings. The molecule has 2 N–H and O–H groups in total. The van der Waals surface area contributed by atoms with Gasteiger partial charge in [-0.1, -0.05) is 28.9 Å². The van der Waals surface area contributed by atoms with Crippen LogP contribution in [0.1, 0.15) is 47.2 Å². The van der Waals surface area contributed by atoms with Crippen LogP contribution in [-0.4, -0.2) is 36.5 Å². The van der Waals surface area contributed by atoms with E-state index in [2.05, 4.69) is 10.5 Å². The molecule has 0 spiro atoms. The zero-order valence-corrected chi connectivity index (χ0v) is 24.7. The summed E-state index contributed by atoms with van der Waals surface area (Å²) in [7, 11) is -4.15. The first-order chi connectivity index (χ1) is 21.1. The second-order valence-corrected chi connectivity index (χ2v) is 13.7. The number of benzene rings is 3. The van der Waals surface area contributed by atoms with Gasteiger partial charge >= 0.3 is 6.18 Å². The van der Waals surface area contributed by atoms with Crippen LogP contribution in [0.4, 0.5) is 32.0 Å². The van der Waals surface area contributed by atoms with Gasteiger partial charge in [0.25, 0.3) is 5.91 Å². The van der Waals surface area contributed by atoms with Gasteiger partial charge < -0.3 is 15.3 Å². The van der Waals surface area contributed by atoms with E-state index in [4.69, 9.17) is 16.4 Å². The number of anilines is 1. The number of nitrogens with one attached hydrogen (secondary N) is 1. The molecule has 2 saturated carbocycles. The molecule has 15 heteroatoms. The van der Waals surface area contributed by atoms with E-state index in [1.54, 1.807) is 0 Å². The Kier molecular flexibility index (Phi) is 8.95. The SMILES string of the molecule is O=C(Nc1cc(F)c(F)c(F)c1)c1ccc(Cl)c(S(=O)(=O)[C@H]2C3CC[C@H]2C[C@](O)(/C=N/OCc2ccc(C(F)(F)F)cc2)C3)c1. The molecule has 2 fully saturated rings. The van der Waals surface area contributed by atoms with Gasteiger partial charge in [0.15, 0.2) is 27.3 Å². The van der Waals surface area contributed by atoms with Crippen molar-refractivity contribution in [2.75, 3.05) is 5.32 Å². The van der Waals surface area contributed by atoms with Gasteiger partial charge in [0.1, 0.15) is 12.2 Å². The summed E-state index contributed by atoms with van der Waals surface area (Å²) in [5.41, 5.74) is -2.44. The quantitative estimate of drug-likeness (QED) is 0.117. The van der Waals surface area contributed by atoms with Crippen LogP contribution in [0.15, 0.2) is 64.6 Å². The number of fused-ring (bicyclic) bond motifs is 2. The molecular weight excluding hydrogens is 650 g/mol. The second-order valence-electron chi connectivity index (χ2n) is 11.2. The van der Waals surface area contributed by atoms with Gasteiger partial charge in [-0.3, -0.25) is 4.79 Å². The lowest BCUT2D eigenvalue weighted by molar-refractivity contribution is -0.137. The van der Waals surface area contributed by atoms with E-state index in [-0.39, 0.29) is 40.6 Å². The molecule has 2 bridgehead atoms. The van der Waals surface area contributed by atoms with E-state index in [0.717, 1.165) is 18.2 Å². The average Bonchev–Trinajstić information content (AvgIpc) is 3.27. The molecule has 3 aromatic carbocycles. The van der Waals surface area contributed by atoms with Crippen molar-refractivity contribution >= 4 is 39.2 Å². The predicted molar refractivity (Wildman–Crippen MR) is 152 cm³/mol. The highest BCUT2D eigenvalue weighted by molar-refractivity contribution is 7.92. The minimum atomic E-state index is -4.47. The number of oxime groups is 1. The second kappa shape index (κ2) is 12.3. The molecule has 0 heterocycles. The van der Waals surface area contributed by atoms with E-state index in [0.29, 0.717) is 30.5 Å². The molecule has 2 aliphatic carbocycles. The van der Waals surface area contributed by atoms with Crippen LogP contribution in [0.2, 0.25) is 5.02 Å². The lowest BCUT2D eigenvalue weighted by Gasteiger charge is -2.38. The topological polar surface area (TPSA) is 105 Å². The predicted octanol–water partition coefficient (Wildman–Crippen LogP) is 6.92. The van der Waals surface area contributed by atoms with Crippen molar-refractivity contribution < 1.29 is 49.5 Å². The summed E-state index contributed by atoms with van der Waals surface area (Å²) in [5, 5.41) is 16.1. The number of aliphatic hydroxyl groups is 1. The van der Waals surface area contributed by atoms with Crippen molar-refractivity contribution in [3.63, 3.8) is 0 Å². The van der Waals surface area contributed by atoms with Gasteiger partial charge in [-0.15, -0.1) is 0 Å². The Morgan fingerprint density at radius 1 is 1.02 bits per heavy atom. The Morgan fingerprint density at radius 3 is 2.20 bits per heavy atom. The van der Waals surface area contributed by atoms with Gasteiger partial charge in [0.2, 0.25) is 0 Å². The molecule has 4 atom stereocenters. The number of alkyl halides is 3. The average molecular weight is 675 g/mol. The maximum Gasteiger partial charge on any atom is 0.416 e. The van der Waals surface area contributed by atoms with Crippen molar-refractivity contribution in [2.45, 2.75) is 54.2 Å². The fourth-order valence-electron chi connectivity index (χ4n) is 6.06. The largest absolute Gasteiger partial charge is 0.416 e. The van der Waals surface area contributed by atoms with Crippen LogP contribution >= 0.6 is 11.6 Å². The summed E-state index contributed by atoms with van der Waals surface area (Å²) >= 11 is 6.27. The maximum absolute atomic E-state index is 13.9. The molecule has 1 amide bonds. The third kappa shape index (κ3) is 6.97. The summed E-state index contributed by atoms with van der Waals surface area (Å²) in [6.45, 7) is -0.151. The fourth-order valence-corrected chi connectivity index (χ4v) is 8.90. The first kappa shape index (κ1) is 32.8. The van der Waals surface area contributed by atoms with Crippen molar-refractivity contribution in [1.29, 1.82) is 0 Å². The van der Waals surface area contributed by atoms with E-state index < -0.39 is 67.6 Å². The number of hydrogen-bond acceptors (Lipinski definition) is 6. The smallest absolute Gasteiger partial charge is 0.391 e. The molecule has 0 aromatic heterocycles. The Labute approximate surface area is 258 Å². The minimum absolute atomic E-state index is 0.0278. The van der Waals surface area contributed by atoms with Gasteiger partial charge in [-0.25, -0.2) is 21.6 Å². The Balaban J connectivity index is 1.27. The Morgan fingerprint density at radius 2 is 1.62 bits per heavy atom. The molecule has 0 saturated heterocycles. The standard InChI is InChI=1S/C30H25ClF6N2O5S/c31-22-8-5-17(28(40)39-21-10-23(32)26(34)24(33)11-21)9-25(22)45(42,43)27-18-3-4-19(27)13-29(41,12-18)15-38-44-14-16-1-6-20(7-2-16)30(35,36)37/h1-2,5-11,15,18-19,27,41H,3-4,12-14H2,(H,39,40)/b38-15+/t18-,19?,27+,29+/m0/s1. The number of hydrogen-bond donors (Lipinski definition) is 2. The summed E-state index contributed by atoms with van der Waals surface area (Å²) < 4.78 is 106. The maximum atomic E-state index is 13.9. The summed E-state index contributed by atoms with van der Waals surface area (Å²) in [6.07, 6.45) is -2.28. The number of halogens is 7. The number of amides is 1. The normalized spacial score (nSPS) is 23.3. The number of carbonyl (C=O) groups excluding carboxylic acids is 1. The molecule has 3 aromatic rings. The van der Waals surface area contributed by atoms with Gasteiger partial charge in [0.05, 0.1) is 26.9 Å². The molecule has 1 unspecified atom stereocenters. The number of rotatable bonds is 8. The van der Waals surface area contributed by atoms with Crippen LogP contribution < -0.4 is 5.32 Å². The van der Waals surface area contributed by atoms with E-state index in [1.807, 2.05) is 0 Å². The summed E-state index contributed by atoms with van der Waals surface area (Å²) in [4.78, 5) is 17.6. The first-order valence-electron chi connectivity index (χ1n) is 13.6. The van der Waals surface area contributed by atoms with Gasteiger partial charge in [-0.05, 0) is 73.4 Å². The lowest BCUT2D eigenvalue weighted by Crippen LogP contribution is -2.47. The zero-order valence-electron chi connectivity index (χ0n) is 23.1. The highest BCUT2D eigenvalue weighted by atomic mass is 35.5. The molecule has 0 radical (unpaired) electrons. The number of nitrogens with zero attached hydrogens (tertiary/aromatic N) is 1. The van der Waals surface area contributed by atoms with Gasteiger partial charge in [-0.2, -0.15) is 13.2 Å². The minimum Gasteiger partial charge on any atom is -0.391 e. The molecule has 7 nitrogen and oxygen atoms in total.